The molecule has 2 aromatic rings. The number of carbonyl (C=O) groups is 2. The van der Waals surface area contributed by atoms with Crippen LogP contribution in [0, 0.1) is 0 Å². The molecule has 0 unspecified atom stereocenters. The Labute approximate surface area is 183 Å². The van der Waals surface area contributed by atoms with Gasteiger partial charge in [-0.1, -0.05) is 56.3 Å². The number of amides is 1. The van der Waals surface area contributed by atoms with Crippen molar-refractivity contribution in [2.45, 2.75) is 25.2 Å². The Morgan fingerprint density at radius 2 is 1.65 bits per heavy atom. The summed E-state index contributed by atoms with van der Waals surface area (Å²) in [5, 5.41) is 2.70. The summed E-state index contributed by atoms with van der Waals surface area (Å²) >= 11 is 0. The molecule has 1 N–H and O–H groups in total. The molecule has 0 heterocycles. The van der Waals surface area contributed by atoms with E-state index in [-0.39, 0.29) is 17.4 Å². The molecule has 0 bridgehead atoms. The summed E-state index contributed by atoms with van der Waals surface area (Å²) in [6.07, 6.45) is 3.40. The van der Waals surface area contributed by atoms with E-state index in [4.69, 9.17) is 4.74 Å². The molecule has 0 saturated carbocycles. The van der Waals surface area contributed by atoms with Gasteiger partial charge < -0.3 is 10.1 Å². The number of hydrogen-bond donors (Lipinski definition) is 1. The molecule has 1 amide bonds. The predicted octanol–water partition coefficient (Wildman–Crippen LogP) is 2.63. The third kappa shape index (κ3) is 7.66. The number of benzene rings is 2. The molecule has 0 aromatic heterocycles. The zero-order valence-electron chi connectivity index (χ0n) is 17.8. The highest BCUT2D eigenvalue weighted by molar-refractivity contribution is 7.89. The number of sulfonamides is 1. The van der Waals surface area contributed by atoms with Crippen molar-refractivity contribution in [3.63, 3.8) is 0 Å². The minimum Gasteiger partial charge on any atom is -0.452 e. The molecular formula is C23H28N2O5S. The van der Waals surface area contributed by atoms with Crippen LogP contribution < -0.4 is 5.32 Å². The molecule has 0 fully saturated rings. The van der Waals surface area contributed by atoms with Gasteiger partial charge in [-0.25, -0.2) is 13.2 Å². The lowest BCUT2D eigenvalue weighted by Gasteiger charge is -2.18. The lowest BCUT2D eigenvalue weighted by atomic mass is 10.1. The summed E-state index contributed by atoms with van der Waals surface area (Å²) in [5.41, 5.74) is 1.75. The van der Waals surface area contributed by atoms with Gasteiger partial charge in [0.15, 0.2) is 6.61 Å². The molecule has 0 spiro atoms. The van der Waals surface area contributed by atoms with Crippen LogP contribution in [0.15, 0.2) is 65.6 Å². The average Bonchev–Trinajstić information content (AvgIpc) is 2.78. The van der Waals surface area contributed by atoms with Crippen LogP contribution >= 0.6 is 0 Å². The maximum atomic E-state index is 12.5. The number of nitrogens with zero attached hydrogens (tertiary/aromatic N) is 1. The Morgan fingerprint density at radius 1 is 1.00 bits per heavy atom. The molecule has 8 heteroatoms. The number of esters is 1. The molecule has 0 aliphatic heterocycles. The van der Waals surface area contributed by atoms with Gasteiger partial charge in [0.1, 0.15) is 0 Å². The van der Waals surface area contributed by atoms with Crippen molar-refractivity contribution in [3.8, 4) is 0 Å². The molecule has 166 valence electrons. The molecule has 7 nitrogen and oxygen atoms in total. The molecule has 0 radical (unpaired) electrons. The summed E-state index contributed by atoms with van der Waals surface area (Å²) in [6, 6.07) is 16.0. The van der Waals surface area contributed by atoms with Crippen LogP contribution in [-0.4, -0.2) is 50.8 Å². The Morgan fingerprint density at radius 3 is 2.26 bits per heavy atom. The molecule has 2 aromatic carbocycles. The van der Waals surface area contributed by atoms with Crippen LogP contribution in [0.2, 0.25) is 0 Å². The van der Waals surface area contributed by atoms with E-state index in [1.165, 1.54) is 28.6 Å². The lowest BCUT2D eigenvalue weighted by molar-refractivity contribution is -0.143. The van der Waals surface area contributed by atoms with E-state index < -0.39 is 16.0 Å². The predicted molar refractivity (Wildman–Crippen MR) is 120 cm³/mol. The summed E-state index contributed by atoms with van der Waals surface area (Å²) in [4.78, 5) is 23.8. The number of rotatable bonds is 11. The monoisotopic (exact) mass is 444 g/mol. The van der Waals surface area contributed by atoms with Gasteiger partial charge >= 0.3 is 5.97 Å². The van der Waals surface area contributed by atoms with Crippen molar-refractivity contribution >= 4 is 28.0 Å². The van der Waals surface area contributed by atoms with Crippen LogP contribution in [0.1, 0.15) is 25.0 Å². The Balaban J connectivity index is 1.78. The minimum atomic E-state index is -3.52. The molecular weight excluding hydrogens is 416 g/mol. The van der Waals surface area contributed by atoms with Crippen molar-refractivity contribution in [1.29, 1.82) is 0 Å². The van der Waals surface area contributed by atoms with Gasteiger partial charge in [-0.15, -0.1) is 0 Å². The summed E-state index contributed by atoms with van der Waals surface area (Å²) in [7, 11) is -3.52. The van der Waals surface area contributed by atoms with Crippen molar-refractivity contribution in [2.75, 3.05) is 26.2 Å². The van der Waals surface area contributed by atoms with Gasteiger partial charge in [-0.05, 0) is 35.8 Å². The second-order valence-corrected chi connectivity index (χ2v) is 8.62. The second-order valence-electron chi connectivity index (χ2n) is 6.68. The smallest absolute Gasteiger partial charge is 0.331 e. The molecule has 2 rings (SSSR count). The number of hydrogen-bond acceptors (Lipinski definition) is 5. The van der Waals surface area contributed by atoms with E-state index in [2.05, 4.69) is 5.32 Å². The first kappa shape index (κ1) is 24.3. The van der Waals surface area contributed by atoms with E-state index in [0.717, 1.165) is 5.56 Å². The van der Waals surface area contributed by atoms with Crippen molar-refractivity contribution in [2.24, 2.45) is 0 Å². The van der Waals surface area contributed by atoms with Crippen LogP contribution in [0.25, 0.3) is 6.08 Å². The van der Waals surface area contributed by atoms with Crippen LogP contribution in [0.5, 0.6) is 0 Å². The molecule has 0 aliphatic carbocycles. The largest absolute Gasteiger partial charge is 0.452 e. The van der Waals surface area contributed by atoms with Crippen LogP contribution in [0.4, 0.5) is 0 Å². The van der Waals surface area contributed by atoms with E-state index in [1.807, 2.05) is 30.3 Å². The van der Waals surface area contributed by atoms with Gasteiger partial charge in [-0.3, -0.25) is 4.79 Å². The fraction of sp³-hybridized carbons (Fsp3) is 0.304. The first-order chi connectivity index (χ1) is 14.9. The van der Waals surface area contributed by atoms with E-state index >= 15 is 0 Å². The zero-order chi connectivity index (χ0) is 22.7. The Bertz CT molecular complexity index is 982. The van der Waals surface area contributed by atoms with Crippen molar-refractivity contribution < 1.29 is 22.7 Å². The van der Waals surface area contributed by atoms with Gasteiger partial charge in [-0.2, -0.15) is 4.31 Å². The second kappa shape index (κ2) is 12.0. The van der Waals surface area contributed by atoms with E-state index in [1.54, 1.807) is 26.0 Å². The molecule has 0 atom stereocenters. The van der Waals surface area contributed by atoms with Crippen LogP contribution in [0.3, 0.4) is 0 Å². The highest BCUT2D eigenvalue weighted by Crippen LogP contribution is 2.16. The van der Waals surface area contributed by atoms with Gasteiger partial charge in [0.05, 0.1) is 4.90 Å². The summed E-state index contributed by atoms with van der Waals surface area (Å²) in [6.45, 7) is 4.46. The quantitative estimate of drug-likeness (QED) is 0.425. The van der Waals surface area contributed by atoms with Gasteiger partial charge in [0.25, 0.3) is 5.91 Å². The Hall–Kier alpha value is -2.97. The van der Waals surface area contributed by atoms with E-state index in [0.29, 0.717) is 31.6 Å². The third-order valence-corrected chi connectivity index (χ3v) is 6.62. The third-order valence-electron chi connectivity index (χ3n) is 4.56. The highest BCUT2D eigenvalue weighted by atomic mass is 32.2. The standard InChI is InChI=1S/C23H28N2O5S/c1-3-25(4-2)31(28,29)21-13-10-20(11-14-21)12-15-23(27)30-18-22(26)24-17-16-19-8-6-5-7-9-19/h5-15H,3-4,16-18H2,1-2H3,(H,24,26)/b15-12+. The molecule has 0 aliphatic rings. The first-order valence-corrected chi connectivity index (χ1v) is 11.6. The fourth-order valence-corrected chi connectivity index (χ4v) is 4.31. The van der Waals surface area contributed by atoms with Crippen molar-refractivity contribution in [1.82, 2.24) is 9.62 Å². The molecule has 31 heavy (non-hydrogen) atoms. The summed E-state index contributed by atoms with van der Waals surface area (Å²) < 4.78 is 31.2. The lowest BCUT2D eigenvalue weighted by Crippen LogP contribution is -2.30. The maximum absolute atomic E-state index is 12.5. The number of carbonyl (C=O) groups excluding carboxylic acids is 2. The highest BCUT2D eigenvalue weighted by Gasteiger charge is 2.20. The SMILES string of the molecule is CCN(CC)S(=O)(=O)c1ccc(/C=C/C(=O)OCC(=O)NCCc2ccccc2)cc1. The van der Waals surface area contributed by atoms with Crippen LogP contribution in [-0.2, 0) is 30.8 Å². The normalized spacial score (nSPS) is 11.6. The number of ether oxygens (including phenoxy) is 1. The zero-order valence-corrected chi connectivity index (χ0v) is 18.6. The maximum Gasteiger partial charge on any atom is 0.331 e. The topological polar surface area (TPSA) is 92.8 Å². The summed E-state index contributed by atoms with van der Waals surface area (Å²) in [5.74, 6) is -1.03. The van der Waals surface area contributed by atoms with Gasteiger partial charge in [0, 0.05) is 25.7 Å². The molecule has 0 saturated heterocycles. The number of nitrogens with one attached hydrogen (secondary N) is 1. The Kier molecular flexibility index (Phi) is 9.42. The first-order valence-electron chi connectivity index (χ1n) is 10.1. The minimum absolute atomic E-state index is 0.197. The average molecular weight is 445 g/mol. The van der Waals surface area contributed by atoms with E-state index in [9.17, 15) is 18.0 Å². The van der Waals surface area contributed by atoms with Crippen molar-refractivity contribution in [3.05, 3.63) is 71.8 Å². The fourth-order valence-electron chi connectivity index (χ4n) is 2.85. The van der Waals surface area contributed by atoms with Gasteiger partial charge in [0.2, 0.25) is 10.0 Å².